The number of rotatable bonds is 7. The van der Waals surface area contributed by atoms with E-state index in [1.54, 1.807) is 36.4 Å². The van der Waals surface area contributed by atoms with Crippen molar-refractivity contribution in [3.63, 3.8) is 0 Å². The Labute approximate surface area is 169 Å². The Bertz CT molecular complexity index is 810. The van der Waals surface area contributed by atoms with Crippen molar-refractivity contribution in [3.05, 3.63) is 64.9 Å². The van der Waals surface area contributed by atoms with E-state index in [4.69, 9.17) is 16.3 Å². The van der Waals surface area contributed by atoms with Crippen LogP contribution in [0.25, 0.3) is 0 Å². The van der Waals surface area contributed by atoms with Crippen molar-refractivity contribution < 1.29 is 19.0 Å². The molecular formula is C21H24ClFN2O3. The average molecular weight is 407 g/mol. The second-order valence-electron chi connectivity index (χ2n) is 7.15. The molecule has 0 atom stereocenters. The van der Waals surface area contributed by atoms with E-state index in [9.17, 15) is 14.3 Å². The standard InChI is InChI=1S/C21H24ClFN2O3/c22-17-4-2-6-19(12-17)28-15-21(27)7-9-25(10-8-21)14-20(26)24-13-16-3-1-5-18(23)11-16/h1-6,11-12,27H,7-10,13-15H2,(H,24,26). The van der Waals surface area contributed by atoms with Gasteiger partial charge in [0.15, 0.2) is 0 Å². The van der Waals surface area contributed by atoms with E-state index in [1.165, 1.54) is 12.1 Å². The first-order valence-corrected chi connectivity index (χ1v) is 9.64. The van der Waals surface area contributed by atoms with Crippen LogP contribution in [-0.2, 0) is 11.3 Å². The molecule has 7 heteroatoms. The molecule has 2 aromatic carbocycles. The highest BCUT2D eigenvalue weighted by atomic mass is 35.5. The van der Waals surface area contributed by atoms with Gasteiger partial charge in [-0.05, 0) is 48.7 Å². The number of nitrogens with one attached hydrogen (secondary N) is 1. The third kappa shape index (κ3) is 6.19. The number of benzene rings is 2. The third-order valence-corrected chi connectivity index (χ3v) is 5.07. The van der Waals surface area contributed by atoms with Crippen molar-refractivity contribution in [1.82, 2.24) is 10.2 Å². The molecular weight excluding hydrogens is 383 g/mol. The minimum absolute atomic E-state index is 0.120. The van der Waals surface area contributed by atoms with Crippen molar-refractivity contribution >= 4 is 17.5 Å². The lowest BCUT2D eigenvalue weighted by Gasteiger charge is -2.37. The number of aliphatic hydroxyl groups is 1. The molecule has 0 aliphatic carbocycles. The lowest BCUT2D eigenvalue weighted by molar-refractivity contribution is -0.124. The maximum atomic E-state index is 13.2. The zero-order valence-electron chi connectivity index (χ0n) is 15.5. The lowest BCUT2D eigenvalue weighted by Crippen LogP contribution is -2.50. The second kappa shape index (κ2) is 9.37. The van der Waals surface area contributed by atoms with E-state index in [1.807, 2.05) is 4.90 Å². The summed E-state index contributed by atoms with van der Waals surface area (Å²) in [6, 6.07) is 13.2. The van der Waals surface area contributed by atoms with Crippen LogP contribution in [0.2, 0.25) is 5.02 Å². The van der Waals surface area contributed by atoms with E-state index in [-0.39, 0.29) is 24.9 Å². The van der Waals surface area contributed by atoms with Crippen molar-refractivity contribution in [2.45, 2.75) is 25.0 Å². The quantitative estimate of drug-likeness (QED) is 0.742. The van der Waals surface area contributed by atoms with Gasteiger partial charge in [0.2, 0.25) is 5.91 Å². The van der Waals surface area contributed by atoms with Crippen LogP contribution in [0, 0.1) is 5.82 Å². The Morgan fingerprint density at radius 1 is 1.21 bits per heavy atom. The predicted octanol–water partition coefficient (Wildman–Crippen LogP) is 3.00. The van der Waals surface area contributed by atoms with E-state index >= 15 is 0 Å². The highest BCUT2D eigenvalue weighted by Gasteiger charge is 2.33. The van der Waals surface area contributed by atoms with Crippen LogP contribution in [0.5, 0.6) is 5.75 Å². The van der Waals surface area contributed by atoms with Gasteiger partial charge in [0.1, 0.15) is 23.8 Å². The Kier molecular flexibility index (Phi) is 6.88. The molecule has 0 spiro atoms. The summed E-state index contributed by atoms with van der Waals surface area (Å²) >= 11 is 5.94. The molecule has 1 amide bonds. The summed E-state index contributed by atoms with van der Waals surface area (Å²) in [5, 5.41) is 14.1. The molecule has 150 valence electrons. The van der Waals surface area contributed by atoms with Crippen LogP contribution in [0.3, 0.4) is 0 Å². The number of carbonyl (C=O) groups excluding carboxylic acids is 1. The first kappa shape index (κ1) is 20.6. The van der Waals surface area contributed by atoms with Gasteiger partial charge in [0, 0.05) is 24.7 Å². The zero-order chi connectivity index (χ0) is 20.0. The number of halogens is 2. The minimum atomic E-state index is -0.920. The van der Waals surface area contributed by atoms with E-state index < -0.39 is 5.60 Å². The van der Waals surface area contributed by atoms with Gasteiger partial charge in [-0.1, -0.05) is 29.8 Å². The van der Waals surface area contributed by atoms with Gasteiger partial charge >= 0.3 is 0 Å². The summed E-state index contributed by atoms with van der Waals surface area (Å²) in [6.07, 6.45) is 1.04. The number of carbonyl (C=O) groups is 1. The molecule has 1 fully saturated rings. The summed E-state index contributed by atoms with van der Waals surface area (Å²) in [6.45, 7) is 1.93. The Hall–Kier alpha value is -2.15. The summed E-state index contributed by atoms with van der Waals surface area (Å²) in [5.41, 5.74) is -0.198. The van der Waals surface area contributed by atoms with Crippen molar-refractivity contribution in [2.75, 3.05) is 26.2 Å². The molecule has 0 unspecified atom stereocenters. The number of hydrogen-bond acceptors (Lipinski definition) is 4. The summed E-state index contributed by atoms with van der Waals surface area (Å²) in [7, 11) is 0. The molecule has 0 saturated carbocycles. The highest BCUT2D eigenvalue weighted by Crippen LogP contribution is 2.24. The molecule has 5 nitrogen and oxygen atoms in total. The Morgan fingerprint density at radius 2 is 1.96 bits per heavy atom. The molecule has 0 bridgehead atoms. The molecule has 1 aliphatic rings. The lowest BCUT2D eigenvalue weighted by atomic mass is 9.92. The predicted molar refractivity (Wildman–Crippen MR) is 106 cm³/mol. The van der Waals surface area contributed by atoms with Crippen LogP contribution in [0.4, 0.5) is 4.39 Å². The third-order valence-electron chi connectivity index (χ3n) is 4.84. The van der Waals surface area contributed by atoms with Gasteiger partial charge in [0.05, 0.1) is 6.54 Å². The molecule has 2 N–H and O–H groups in total. The van der Waals surface area contributed by atoms with Gasteiger partial charge in [-0.15, -0.1) is 0 Å². The number of likely N-dealkylation sites (tertiary alicyclic amines) is 1. The normalized spacial score (nSPS) is 16.5. The van der Waals surface area contributed by atoms with E-state index in [0.717, 1.165) is 5.56 Å². The largest absolute Gasteiger partial charge is 0.491 e. The fourth-order valence-corrected chi connectivity index (χ4v) is 3.33. The molecule has 1 saturated heterocycles. The molecule has 2 aromatic rings. The number of nitrogens with zero attached hydrogens (tertiary/aromatic N) is 1. The molecule has 0 aromatic heterocycles. The van der Waals surface area contributed by atoms with Crippen LogP contribution in [-0.4, -0.2) is 47.8 Å². The topological polar surface area (TPSA) is 61.8 Å². The maximum absolute atomic E-state index is 13.2. The monoisotopic (exact) mass is 406 g/mol. The van der Waals surface area contributed by atoms with Crippen molar-refractivity contribution in [1.29, 1.82) is 0 Å². The van der Waals surface area contributed by atoms with Gasteiger partial charge in [-0.3, -0.25) is 9.69 Å². The first-order valence-electron chi connectivity index (χ1n) is 9.26. The molecule has 1 heterocycles. The summed E-state index contributed by atoms with van der Waals surface area (Å²) < 4.78 is 18.8. The number of amides is 1. The van der Waals surface area contributed by atoms with Crippen LogP contribution >= 0.6 is 11.6 Å². The SMILES string of the molecule is O=C(CN1CCC(O)(COc2cccc(Cl)c2)CC1)NCc1cccc(F)c1. The van der Waals surface area contributed by atoms with Crippen LogP contribution in [0.1, 0.15) is 18.4 Å². The maximum Gasteiger partial charge on any atom is 0.234 e. The van der Waals surface area contributed by atoms with Crippen molar-refractivity contribution in [3.8, 4) is 5.75 Å². The molecule has 3 rings (SSSR count). The smallest absolute Gasteiger partial charge is 0.234 e. The average Bonchev–Trinajstić information content (AvgIpc) is 2.67. The van der Waals surface area contributed by atoms with Gasteiger partial charge in [-0.25, -0.2) is 4.39 Å². The van der Waals surface area contributed by atoms with E-state index in [0.29, 0.717) is 43.2 Å². The van der Waals surface area contributed by atoms with E-state index in [2.05, 4.69) is 5.32 Å². The summed E-state index contributed by atoms with van der Waals surface area (Å²) in [5.74, 6) is 0.187. The second-order valence-corrected chi connectivity index (χ2v) is 7.59. The zero-order valence-corrected chi connectivity index (χ0v) is 16.3. The fourth-order valence-electron chi connectivity index (χ4n) is 3.15. The first-order chi connectivity index (χ1) is 13.4. The minimum Gasteiger partial charge on any atom is -0.491 e. The van der Waals surface area contributed by atoms with Crippen molar-refractivity contribution in [2.24, 2.45) is 0 Å². The van der Waals surface area contributed by atoms with Gasteiger partial charge in [0.25, 0.3) is 0 Å². The number of piperidine rings is 1. The highest BCUT2D eigenvalue weighted by molar-refractivity contribution is 6.30. The van der Waals surface area contributed by atoms with Crippen LogP contribution in [0.15, 0.2) is 48.5 Å². The molecule has 28 heavy (non-hydrogen) atoms. The molecule has 0 radical (unpaired) electrons. The Balaban J connectivity index is 1.39. The van der Waals surface area contributed by atoms with Gasteiger partial charge in [-0.2, -0.15) is 0 Å². The number of hydrogen-bond donors (Lipinski definition) is 2. The van der Waals surface area contributed by atoms with Gasteiger partial charge < -0.3 is 15.2 Å². The molecule has 1 aliphatic heterocycles. The Morgan fingerprint density at radius 3 is 2.68 bits per heavy atom. The summed E-state index contributed by atoms with van der Waals surface area (Å²) in [4.78, 5) is 14.1. The number of ether oxygens (including phenoxy) is 1. The van der Waals surface area contributed by atoms with Crippen LogP contribution < -0.4 is 10.1 Å². The fraction of sp³-hybridized carbons (Fsp3) is 0.381.